The molecule has 6 heteroatoms. The predicted molar refractivity (Wildman–Crippen MR) is 75.5 cm³/mol. The molecule has 2 aliphatic carbocycles. The zero-order valence-corrected chi connectivity index (χ0v) is 12.1. The quantitative estimate of drug-likeness (QED) is 0.782. The molecular formula is C13H22N2O3S. The lowest BCUT2D eigenvalue weighted by Gasteiger charge is -2.23. The number of hydrogen-bond acceptors (Lipinski definition) is 3. The summed E-state index contributed by atoms with van der Waals surface area (Å²) >= 11 is 1.95. The Morgan fingerprint density at radius 2 is 2.05 bits per heavy atom. The maximum absolute atomic E-state index is 12.1. The normalized spacial score (nSPS) is 26.2. The van der Waals surface area contributed by atoms with Gasteiger partial charge in [0.2, 0.25) is 0 Å². The van der Waals surface area contributed by atoms with Gasteiger partial charge >= 0.3 is 12.0 Å². The molecule has 2 atom stereocenters. The molecule has 0 aromatic heterocycles. The molecule has 0 aliphatic heterocycles. The number of hydrogen-bond donors (Lipinski definition) is 2. The van der Waals surface area contributed by atoms with Crippen LogP contribution < -0.4 is 5.32 Å². The van der Waals surface area contributed by atoms with Crippen molar-refractivity contribution >= 4 is 23.8 Å². The van der Waals surface area contributed by atoms with Gasteiger partial charge in [-0.15, -0.1) is 0 Å². The van der Waals surface area contributed by atoms with Gasteiger partial charge in [-0.25, -0.2) is 4.79 Å². The summed E-state index contributed by atoms with van der Waals surface area (Å²) in [5.41, 5.74) is 0. The Morgan fingerprint density at radius 3 is 2.63 bits per heavy atom. The number of aliphatic carboxylic acids is 1. The van der Waals surface area contributed by atoms with Crippen LogP contribution in [0.2, 0.25) is 0 Å². The standard InChI is InChI=1S/C13H22N2O3S/c1-2-19-11-6-3-9(7-11)14-13(18)15(8-12(16)17)10-4-5-10/h9-11H,2-8H2,1H3,(H,14,18)(H,16,17). The molecule has 2 aliphatic rings. The molecule has 2 N–H and O–H groups in total. The zero-order chi connectivity index (χ0) is 13.8. The fourth-order valence-corrected chi connectivity index (χ4v) is 3.76. The lowest BCUT2D eigenvalue weighted by molar-refractivity contribution is -0.137. The van der Waals surface area contributed by atoms with Crippen molar-refractivity contribution in [2.24, 2.45) is 0 Å². The number of amides is 2. The number of urea groups is 1. The van der Waals surface area contributed by atoms with Crippen molar-refractivity contribution in [2.75, 3.05) is 12.3 Å². The lowest BCUT2D eigenvalue weighted by atomic mass is 10.2. The van der Waals surface area contributed by atoms with E-state index in [0.29, 0.717) is 5.25 Å². The summed E-state index contributed by atoms with van der Waals surface area (Å²) in [5, 5.41) is 12.5. The zero-order valence-electron chi connectivity index (χ0n) is 11.3. The van der Waals surface area contributed by atoms with Gasteiger partial charge in [-0.2, -0.15) is 11.8 Å². The first-order valence-electron chi connectivity index (χ1n) is 7.00. The Kier molecular flexibility index (Phi) is 4.96. The van der Waals surface area contributed by atoms with Gasteiger partial charge in [-0.3, -0.25) is 4.79 Å². The van der Waals surface area contributed by atoms with Crippen LogP contribution in [0.3, 0.4) is 0 Å². The van der Waals surface area contributed by atoms with E-state index in [1.807, 2.05) is 11.8 Å². The van der Waals surface area contributed by atoms with Gasteiger partial charge in [0.05, 0.1) is 0 Å². The van der Waals surface area contributed by atoms with Gasteiger partial charge in [0.1, 0.15) is 6.54 Å². The highest BCUT2D eigenvalue weighted by Crippen LogP contribution is 2.31. The van der Waals surface area contributed by atoms with Gasteiger partial charge in [-0.05, 0) is 37.9 Å². The monoisotopic (exact) mass is 286 g/mol. The molecule has 108 valence electrons. The Morgan fingerprint density at radius 1 is 1.32 bits per heavy atom. The second-order valence-electron chi connectivity index (χ2n) is 5.29. The fourth-order valence-electron chi connectivity index (χ4n) is 2.61. The smallest absolute Gasteiger partial charge is 0.323 e. The third-order valence-corrected chi connectivity index (χ3v) is 4.90. The van der Waals surface area contributed by atoms with Crippen molar-refractivity contribution in [3.05, 3.63) is 0 Å². The second kappa shape index (κ2) is 6.50. The van der Waals surface area contributed by atoms with Crippen LogP contribution in [0.4, 0.5) is 4.79 Å². The number of carbonyl (C=O) groups excluding carboxylic acids is 1. The van der Waals surface area contributed by atoms with E-state index in [2.05, 4.69) is 12.2 Å². The number of thioether (sulfide) groups is 1. The number of nitrogens with zero attached hydrogens (tertiary/aromatic N) is 1. The topological polar surface area (TPSA) is 69.6 Å². The average Bonchev–Trinajstić information content (AvgIpc) is 3.09. The van der Waals surface area contributed by atoms with Crippen LogP contribution in [-0.4, -0.2) is 51.6 Å². The Bertz CT molecular complexity index is 347. The molecule has 0 bridgehead atoms. The third-order valence-electron chi connectivity index (χ3n) is 3.67. The number of rotatable bonds is 6. The molecule has 0 spiro atoms. The number of carboxylic acids is 1. The maximum Gasteiger partial charge on any atom is 0.323 e. The highest BCUT2D eigenvalue weighted by atomic mass is 32.2. The molecule has 0 heterocycles. The van der Waals surface area contributed by atoms with Crippen molar-refractivity contribution in [3.63, 3.8) is 0 Å². The molecule has 2 rings (SSSR count). The molecule has 2 fully saturated rings. The lowest BCUT2D eigenvalue weighted by Crippen LogP contribution is -2.47. The van der Waals surface area contributed by atoms with E-state index in [0.717, 1.165) is 37.9 Å². The molecule has 0 aromatic rings. The van der Waals surface area contributed by atoms with Gasteiger partial charge in [0.25, 0.3) is 0 Å². The van der Waals surface area contributed by atoms with Gasteiger partial charge < -0.3 is 15.3 Å². The molecule has 5 nitrogen and oxygen atoms in total. The first kappa shape index (κ1) is 14.5. The third kappa shape index (κ3) is 4.30. The van der Waals surface area contributed by atoms with Crippen molar-refractivity contribution in [2.45, 2.75) is 56.4 Å². The maximum atomic E-state index is 12.1. The van der Waals surface area contributed by atoms with Gasteiger partial charge in [0, 0.05) is 17.3 Å². The SMILES string of the molecule is CCSC1CCC(NC(=O)N(CC(=O)O)C2CC2)C1. The van der Waals surface area contributed by atoms with Gasteiger partial charge in [-0.1, -0.05) is 6.92 Å². The molecule has 2 amide bonds. The number of carboxylic acid groups (broad SMARTS) is 1. The summed E-state index contributed by atoms with van der Waals surface area (Å²) < 4.78 is 0. The van der Waals surface area contributed by atoms with Crippen molar-refractivity contribution in [3.8, 4) is 0 Å². The Labute approximate surface area is 118 Å². The minimum absolute atomic E-state index is 0.137. The van der Waals surface area contributed by atoms with Crippen molar-refractivity contribution in [1.82, 2.24) is 10.2 Å². The summed E-state index contributed by atoms with van der Waals surface area (Å²) in [4.78, 5) is 24.4. The highest BCUT2D eigenvalue weighted by Gasteiger charge is 2.35. The van der Waals surface area contributed by atoms with Crippen LogP contribution >= 0.6 is 11.8 Å². The molecule has 0 aromatic carbocycles. The molecule has 2 unspecified atom stereocenters. The van der Waals surface area contributed by atoms with Crippen LogP contribution in [0.5, 0.6) is 0 Å². The summed E-state index contributed by atoms with van der Waals surface area (Å²) in [7, 11) is 0. The largest absolute Gasteiger partial charge is 0.480 e. The molecule has 0 radical (unpaired) electrons. The summed E-state index contributed by atoms with van der Waals surface area (Å²) in [5.74, 6) is 0.173. The molecule has 19 heavy (non-hydrogen) atoms. The van der Waals surface area contributed by atoms with E-state index in [1.54, 1.807) is 0 Å². The fraction of sp³-hybridized carbons (Fsp3) is 0.846. The molecule has 2 saturated carbocycles. The van der Waals surface area contributed by atoms with Crippen LogP contribution in [0, 0.1) is 0 Å². The van der Waals surface area contributed by atoms with E-state index in [1.165, 1.54) is 4.90 Å². The highest BCUT2D eigenvalue weighted by molar-refractivity contribution is 7.99. The van der Waals surface area contributed by atoms with Crippen LogP contribution in [-0.2, 0) is 4.79 Å². The first-order valence-corrected chi connectivity index (χ1v) is 8.05. The second-order valence-corrected chi connectivity index (χ2v) is 6.87. The predicted octanol–water partition coefficient (Wildman–Crippen LogP) is 1.92. The van der Waals surface area contributed by atoms with E-state index in [-0.39, 0.29) is 24.7 Å². The van der Waals surface area contributed by atoms with E-state index < -0.39 is 5.97 Å². The Balaban J connectivity index is 1.80. The average molecular weight is 286 g/mol. The summed E-state index contributed by atoms with van der Waals surface area (Å²) in [6, 6.07) is 0.155. The summed E-state index contributed by atoms with van der Waals surface area (Å²) in [6.45, 7) is 1.97. The minimum atomic E-state index is -0.937. The van der Waals surface area contributed by atoms with Gasteiger partial charge in [0.15, 0.2) is 0 Å². The molecule has 0 saturated heterocycles. The van der Waals surface area contributed by atoms with E-state index in [9.17, 15) is 9.59 Å². The van der Waals surface area contributed by atoms with Crippen LogP contribution in [0.15, 0.2) is 0 Å². The minimum Gasteiger partial charge on any atom is -0.480 e. The number of nitrogens with one attached hydrogen (secondary N) is 1. The van der Waals surface area contributed by atoms with E-state index >= 15 is 0 Å². The first-order chi connectivity index (χ1) is 9.10. The van der Waals surface area contributed by atoms with Crippen molar-refractivity contribution < 1.29 is 14.7 Å². The Hall–Kier alpha value is -0.910. The van der Waals surface area contributed by atoms with E-state index in [4.69, 9.17) is 5.11 Å². The number of carbonyl (C=O) groups is 2. The van der Waals surface area contributed by atoms with Crippen LogP contribution in [0.1, 0.15) is 39.0 Å². The van der Waals surface area contributed by atoms with Crippen molar-refractivity contribution in [1.29, 1.82) is 0 Å². The molecular weight excluding hydrogens is 264 g/mol. The summed E-state index contributed by atoms with van der Waals surface area (Å²) in [6.07, 6.45) is 5.02. The van der Waals surface area contributed by atoms with Crippen LogP contribution in [0.25, 0.3) is 0 Å².